The lowest BCUT2D eigenvalue weighted by Crippen LogP contribution is -2.49. The van der Waals surface area contributed by atoms with Gasteiger partial charge in [-0.3, -0.25) is 0 Å². The van der Waals surface area contributed by atoms with Gasteiger partial charge in [-0.1, -0.05) is 0 Å². The van der Waals surface area contributed by atoms with Gasteiger partial charge < -0.3 is 9.47 Å². The number of nitrogens with one attached hydrogen (secondary N) is 1. The molecule has 5 nitrogen and oxygen atoms in total. The Morgan fingerprint density at radius 3 is 2.64 bits per heavy atom. The molecular formula is C15H20FNO4S. The van der Waals surface area contributed by atoms with Crippen LogP contribution in [0.15, 0.2) is 23.1 Å². The zero-order valence-corrected chi connectivity index (χ0v) is 13.2. The van der Waals surface area contributed by atoms with Crippen molar-refractivity contribution in [3.8, 4) is 0 Å². The van der Waals surface area contributed by atoms with E-state index in [1.54, 1.807) is 6.92 Å². The number of aryl methyl sites for hydroxylation is 1. The highest BCUT2D eigenvalue weighted by molar-refractivity contribution is 7.89. The Morgan fingerprint density at radius 2 is 1.91 bits per heavy atom. The van der Waals surface area contributed by atoms with Crippen LogP contribution in [0.25, 0.3) is 0 Å². The quantitative estimate of drug-likeness (QED) is 0.917. The third-order valence-electron chi connectivity index (χ3n) is 4.24. The van der Waals surface area contributed by atoms with E-state index in [0.29, 0.717) is 31.6 Å². The Bertz CT molecular complexity index is 649. The minimum Gasteiger partial charge on any atom is -0.373 e. The lowest BCUT2D eigenvalue weighted by atomic mass is 9.90. The van der Waals surface area contributed by atoms with Gasteiger partial charge in [0.2, 0.25) is 10.0 Å². The van der Waals surface area contributed by atoms with E-state index in [4.69, 9.17) is 9.47 Å². The SMILES string of the molecule is Cc1cc(S(=O)(=O)N[C@@H]2CC[C@H]3OCCO[C@@H]3C2)ccc1F. The second-order valence-corrected chi connectivity index (χ2v) is 7.57. The first-order chi connectivity index (χ1) is 10.5. The van der Waals surface area contributed by atoms with Crippen molar-refractivity contribution >= 4 is 10.0 Å². The first-order valence-corrected chi connectivity index (χ1v) is 8.96. The summed E-state index contributed by atoms with van der Waals surface area (Å²) < 4.78 is 52.1. The van der Waals surface area contributed by atoms with Gasteiger partial charge in [-0.25, -0.2) is 17.5 Å². The Labute approximate surface area is 129 Å². The standard InChI is InChI=1S/C15H20FNO4S/c1-10-8-12(3-4-13(10)16)22(18,19)17-11-2-5-14-15(9-11)21-7-6-20-14/h3-4,8,11,14-15,17H,2,5-7,9H2,1H3/t11-,14-,15-/m1/s1. The molecule has 1 saturated carbocycles. The van der Waals surface area contributed by atoms with Gasteiger partial charge in [0.25, 0.3) is 0 Å². The van der Waals surface area contributed by atoms with Gasteiger partial charge in [-0.05, 0) is 49.9 Å². The first kappa shape index (κ1) is 15.9. The predicted molar refractivity (Wildman–Crippen MR) is 78.6 cm³/mol. The number of ether oxygens (including phenoxy) is 2. The zero-order chi connectivity index (χ0) is 15.7. The van der Waals surface area contributed by atoms with Crippen LogP contribution in [0, 0.1) is 12.7 Å². The topological polar surface area (TPSA) is 64.6 Å². The number of fused-ring (bicyclic) bond motifs is 1. The summed E-state index contributed by atoms with van der Waals surface area (Å²) in [4.78, 5) is 0.0920. The molecule has 2 fully saturated rings. The van der Waals surface area contributed by atoms with Crippen LogP contribution in [0.1, 0.15) is 24.8 Å². The van der Waals surface area contributed by atoms with Gasteiger partial charge in [0, 0.05) is 6.04 Å². The molecule has 7 heteroatoms. The second-order valence-electron chi connectivity index (χ2n) is 5.86. The monoisotopic (exact) mass is 329 g/mol. The number of hydrogen-bond donors (Lipinski definition) is 1. The molecule has 1 aromatic carbocycles. The van der Waals surface area contributed by atoms with E-state index in [1.165, 1.54) is 18.2 Å². The second kappa shape index (κ2) is 6.23. The number of hydrogen-bond acceptors (Lipinski definition) is 4. The smallest absolute Gasteiger partial charge is 0.240 e. The molecule has 0 bridgehead atoms. The van der Waals surface area contributed by atoms with Crippen molar-refractivity contribution in [2.75, 3.05) is 13.2 Å². The summed E-state index contributed by atoms with van der Waals surface area (Å²) in [7, 11) is -3.65. The zero-order valence-electron chi connectivity index (χ0n) is 12.4. The molecular weight excluding hydrogens is 309 g/mol. The fraction of sp³-hybridized carbons (Fsp3) is 0.600. The van der Waals surface area contributed by atoms with Crippen molar-refractivity contribution in [3.05, 3.63) is 29.6 Å². The summed E-state index contributed by atoms with van der Waals surface area (Å²) in [6.07, 6.45) is 2.11. The predicted octanol–water partition coefficient (Wildman–Crippen LogP) is 1.75. The number of halogens is 1. The molecule has 3 atom stereocenters. The Morgan fingerprint density at radius 1 is 1.18 bits per heavy atom. The average molecular weight is 329 g/mol. The van der Waals surface area contributed by atoms with Crippen LogP contribution in [0.5, 0.6) is 0 Å². The largest absolute Gasteiger partial charge is 0.373 e. The molecule has 22 heavy (non-hydrogen) atoms. The lowest BCUT2D eigenvalue weighted by Gasteiger charge is -2.38. The van der Waals surface area contributed by atoms with E-state index >= 15 is 0 Å². The van der Waals surface area contributed by atoms with Crippen molar-refractivity contribution in [1.82, 2.24) is 4.72 Å². The fourth-order valence-corrected chi connectivity index (χ4v) is 4.41. The van der Waals surface area contributed by atoms with Crippen LogP contribution >= 0.6 is 0 Å². The van der Waals surface area contributed by atoms with Gasteiger partial charge in [0.1, 0.15) is 5.82 Å². The lowest BCUT2D eigenvalue weighted by molar-refractivity contribution is -0.156. The Kier molecular flexibility index (Phi) is 4.49. The molecule has 0 radical (unpaired) electrons. The van der Waals surface area contributed by atoms with E-state index < -0.39 is 15.8 Å². The number of benzene rings is 1. The molecule has 1 N–H and O–H groups in total. The van der Waals surface area contributed by atoms with Crippen molar-refractivity contribution in [3.63, 3.8) is 0 Å². The molecule has 1 aliphatic carbocycles. The summed E-state index contributed by atoms with van der Waals surface area (Å²) in [5.74, 6) is -0.410. The maximum atomic E-state index is 13.3. The minimum absolute atomic E-state index is 0.0508. The van der Waals surface area contributed by atoms with Crippen LogP contribution in [0.3, 0.4) is 0 Å². The highest BCUT2D eigenvalue weighted by Gasteiger charge is 2.35. The van der Waals surface area contributed by atoms with E-state index in [9.17, 15) is 12.8 Å². The summed E-state index contributed by atoms with van der Waals surface area (Å²) in [6, 6.07) is 3.64. The number of sulfonamides is 1. The van der Waals surface area contributed by atoms with Crippen molar-refractivity contribution in [2.24, 2.45) is 0 Å². The normalized spacial score (nSPS) is 29.1. The molecule has 0 amide bonds. The van der Waals surface area contributed by atoms with E-state index in [0.717, 1.165) is 6.42 Å². The molecule has 1 aliphatic heterocycles. The summed E-state index contributed by atoms with van der Waals surface area (Å²) in [5, 5.41) is 0. The number of rotatable bonds is 3. The highest BCUT2D eigenvalue weighted by Crippen LogP contribution is 2.28. The average Bonchev–Trinajstić information content (AvgIpc) is 2.49. The molecule has 0 aromatic heterocycles. The van der Waals surface area contributed by atoms with Gasteiger partial charge in [-0.15, -0.1) is 0 Å². The first-order valence-electron chi connectivity index (χ1n) is 7.47. The molecule has 2 aliphatic rings. The molecule has 0 spiro atoms. The van der Waals surface area contributed by atoms with Gasteiger partial charge in [-0.2, -0.15) is 0 Å². The molecule has 122 valence electrons. The third-order valence-corrected chi connectivity index (χ3v) is 5.76. The third kappa shape index (κ3) is 3.32. The van der Waals surface area contributed by atoms with Crippen molar-refractivity contribution < 1.29 is 22.3 Å². The molecule has 1 aromatic rings. The molecule has 1 heterocycles. The summed E-state index contributed by atoms with van der Waals surface area (Å²) in [6.45, 7) is 2.71. The van der Waals surface area contributed by atoms with Crippen molar-refractivity contribution in [2.45, 2.75) is 49.3 Å². The van der Waals surface area contributed by atoms with Crippen LogP contribution in [-0.4, -0.2) is 39.9 Å². The van der Waals surface area contributed by atoms with Gasteiger partial charge in [0.05, 0.1) is 30.3 Å². The molecule has 3 rings (SSSR count). The molecule has 1 saturated heterocycles. The van der Waals surface area contributed by atoms with E-state index in [1.807, 2.05) is 0 Å². The fourth-order valence-electron chi connectivity index (χ4n) is 3.05. The maximum absolute atomic E-state index is 13.3. The van der Waals surface area contributed by atoms with Crippen LogP contribution in [0.2, 0.25) is 0 Å². The van der Waals surface area contributed by atoms with Gasteiger partial charge in [0.15, 0.2) is 0 Å². The summed E-state index contributed by atoms with van der Waals surface area (Å²) in [5.41, 5.74) is 0.315. The van der Waals surface area contributed by atoms with Crippen LogP contribution in [0.4, 0.5) is 4.39 Å². The van der Waals surface area contributed by atoms with E-state index in [-0.39, 0.29) is 23.1 Å². The van der Waals surface area contributed by atoms with Gasteiger partial charge >= 0.3 is 0 Å². The highest BCUT2D eigenvalue weighted by atomic mass is 32.2. The summed E-state index contributed by atoms with van der Waals surface area (Å²) >= 11 is 0. The van der Waals surface area contributed by atoms with Crippen LogP contribution in [-0.2, 0) is 19.5 Å². The van der Waals surface area contributed by atoms with Crippen LogP contribution < -0.4 is 4.72 Å². The Hall–Kier alpha value is -1.02. The minimum atomic E-state index is -3.65. The maximum Gasteiger partial charge on any atom is 0.240 e. The van der Waals surface area contributed by atoms with Crippen molar-refractivity contribution in [1.29, 1.82) is 0 Å². The Balaban J connectivity index is 1.70. The van der Waals surface area contributed by atoms with E-state index in [2.05, 4.69) is 4.72 Å². The molecule has 0 unspecified atom stereocenters.